The Morgan fingerprint density at radius 3 is 2.54 bits per heavy atom. The molecule has 26 heavy (non-hydrogen) atoms. The molecule has 138 valence electrons. The van der Waals surface area contributed by atoms with Gasteiger partial charge in [-0.2, -0.15) is 0 Å². The minimum atomic E-state index is 0. The third-order valence-corrected chi connectivity index (χ3v) is 5.50. The fourth-order valence-corrected chi connectivity index (χ4v) is 3.81. The van der Waals surface area contributed by atoms with Gasteiger partial charge in [-0.05, 0) is 69.0 Å². The van der Waals surface area contributed by atoms with Crippen molar-refractivity contribution in [2.24, 2.45) is 11.3 Å². The molecule has 1 spiro atoms. The van der Waals surface area contributed by atoms with Crippen molar-refractivity contribution in [3.63, 3.8) is 0 Å². The van der Waals surface area contributed by atoms with Crippen LogP contribution in [0.4, 0.5) is 5.69 Å². The Kier molecular flexibility index (Phi) is 5.54. The normalized spacial score (nSPS) is 20.1. The number of halogens is 1. The summed E-state index contributed by atoms with van der Waals surface area (Å²) in [6.07, 6.45) is 3.22. The summed E-state index contributed by atoms with van der Waals surface area (Å²) >= 11 is 0. The fraction of sp³-hybridized carbons (Fsp3) is 0.381. The van der Waals surface area contributed by atoms with Gasteiger partial charge >= 0.3 is 0 Å². The minimum Gasteiger partial charge on any atom is -0.455 e. The number of hydrogen-bond acceptors (Lipinski definition) is 3. The number of rotatable bonds is 4. The number of ether oxygens (including phenoxy) is 1. The number of piperidine rings is 1. The van der Waals surface area contributed by atoms with Crippen molar-refractivity contribution in [1.82, 2.24) is 5.32 Å². The molecule has 1 aliphatic carbocycles. The van der Waals surface area contributed by atoms with Crippen molar-refractivity contribution >= 4 is 24.0 Å². The summed E-state index contributed by atoms with van der Waals surface area (Å²) in [6, 6.07) is 15.6. The third-order valence-electron chi connectivity index (χ3n) is 5.50. The lowest BCUT2D eigenvalue weighted by molar-refractivity contribution is -0.118. The molecule has 2 N–H and O–H groups in total. The van der Waals surface area contributed by atoms with Crippen LogP contribution in [0.2, 0.25) is 0 Å². The Hall–Kier alpha value is -2.04. The first-order valence-corrected chi connectivity index (χ1v) is 9.01. The van der Waals surface area contributed by atoms with Crippen molar-refractivity contribution in [3.05, 3.63) is 54.1 Å². The van der Waals surface area contributed by atoms with Crippen molar-refractivity contribution in [2.45, 2.75) is 26.2 Å². The molecule has 5 heteroatoms. The summed E-state index contributed by atoms with van der Waals surface area (Å²) in [5, 5.41) is 6.47. The standard InChI is InChI=1S/C21H24N2O2.ClH/c1-15-6-8-16(9-7-15)25-19-5-3-2-4-18(19)23-20(24)17-14-21(17)10-12-22-13-11-21;/h2-9,17,22H,10-14H2,1H3,(H,23,24);1H. The smallest absolute Gasteiger partial charge is 0.228 e. The van der Waals surface area contributed by atoms with Crippen LogP contribution in [0.25, 0.3) is 0 Å². The average molecular weight is 373 g/mol. The van der Waals surface area contributed by atoms with Gasteiger partial charge in [-0.1, -0.05) is 29.8 Å². The van der Waals surface area contributed by atoms with Crippen molar-refractivity contribution in [1.29, 1.82) is 0 Å². The SMILES string of the molecule is Cc1ccc(Oc2ccccc2NC(=O)C2CC23CCNCC3)cc1.Cl. The highest BCUT2D eigenvalue weighted by Gasteiger charge is 2.57. The molecular weight excluding hydrogens is 348 g/mol. The zero-order chi connectivity index (χ0) is 17.3. The van der Waals surface area contributed by atoms with E-state index in [1.807, 2.05) is 55.5 Å². The van der Waals surface area contributed by atoms with Gasteiger partial charge in [0.25, 0.3) is 0 Å². The Labute approximate surface area is 160 Å². The molecule has 0 bridgehead atoms. The van der Waals surface area contributed by atoms with E-state index in [1.54, 1.807) is 0 Å². The molecule has 1 saturated carbocycles. The molecule has 1 saturated heterocycles. The number of aryl methyl sites for hydroxylation is 1. The Morgan fingerprint density at radius 1 is 1.12 bits per heavy atom. The molecule has 1 unspecified atom stereocenters. The van der Waals surface area contributed by atoms with Crippen molar-refractivity contribution in [3.8, 4) is 11.5 Å². The van der Waals surface area contributed by atoms with E-state index in [-0.39, 0.29) is 29.6 Å². The topological polar surface area (TPSA) is 50.4 Å². The van der Waals surface area contributed by atoms with Crippen LogP contribution >= 0.6 is 12.4 Å². The van der Waals surface area contributed by atoms with E-state index in [9.17, 15) is 4.79 Å². The van der Waals surface area contributed by atoms with E-state index in [0.29, 0.717) is 5.75 Å². The number of hydrogen-bond donors (Lipinski definition) is 2. The Balaban J connectivity index is 0.00000196. The quantitative estimate of drug-likeness (QED) is 0.828. The van der Waals surface area contributed by atoms with Gasteiger partial charge in [-0.25, -0.2) is 0 Å². The number of carbonyl (C=O) groups excluding carboxylic acids is 1. The van der Waals surface area contributed by atoms with Gasteiger partial charge in [0.15, 0.2) is 5.75 Å². The highest BCUT2D eigenvalue weighted by Crippen LogP contribution is 2.58. The molecule has 0 radical (unpaired) electrons. The molecule has 2 fully saturated rings. The lowest BCUT2D eigenvalue weighted by atomic mass is 9.92. The van der Waals surface area contributed by atoms with Gasteiger partial charge in [0.1, 0.15) is 5.75 Å². The van der Waals surface area contributed by atoms with Crippen LogP contribution in [0, 0.1) is 18.3 Å². The van der Waals surface area contributed by atoms with Crippen LogP contribution in [0.1, 0.15) is 24.8 Å². The minimum absolute atomic E-state index is 0. The third kappa shape index (κ3) is 3.87. The predicted molar refractivity (Wildman–Crippen MR) is 106 cm³/mol. The Bertz CT molecular complexity index is 770. The summed E-state index contributed by atoms with van der Waals surface area (Å²) < 4.78 is 5.98. The maximum atomic E-state index is 12.7. The van der Waals surface area contributed by atoms with Gasteiger partial charge in [0.05, 0.1) is 5.69 Å². The molecule has 1 atom stereocenters. The van der Waals surface area contributed by atoms with Crippen LogP contribution in [-0.4, -0.2) is 19.0 Å². The van der Waals surface area contributed by atoms with Gasteiger partial charge in [-0.15, -0.1) is 12.4 Å². The monoisotopic (exact) mass is 372 g/mol. The zero-order valence-electron chi connectivity index (χ0n) is 15.0. The number of anilines is 1. The molecule has 2 aromatic carbocycles. The molecular formula is C21H25ClN2O2. The highest BCUT2D eigenvalue weighted by molar-refractivity contribution is 5.96. The van der Waals surface area contributed by atoms with E-state index in [2.05, 4.69) is 10.6 Å². The summed E-state index contributed by atoms with van der Waals surface area (Å²) in [6.45, 7) is 4.10. The number of para-hydroxylation sites is 2. The Morgan fingerprint density at radius 2 is 1.81 bits per heavy atom. The molecule has 2 aromatic rings. The zero-order valence-corrected chi connectivity index (χ0v) is 15.8. The maximum absolute atomic E-state index is 12.7. The van der Waals surface area contributed by atoms with Crippen LogP contribution < -0.4 is 15.4 Å². The molecule has 2 aliphatic rings. The van der Waals surface area contributed by atoms with Crippen LogP contribution in [0.5, 0.6) is 11.5 Å². The van der Waals surface area contributed by atoms with Crippen molar-refractivity contribution in [2.75, 3.05) is 18.4 Å². The van der Waals surface area contributed by atoms with Crippen molar-refractivity contribution < 1.29 is 9.53 Å². The van der Waals surface area contributed by atoms with E-state index in [4.69, 9.17) is 4.74 Å². The largest absolute Gasteiger partial charge is 0.455 e. The summed E-state index contributed by atoms with van der Waals surface area (Å²) in [5.41, 5.74) is 2.17. The molecule has 1 heterocycles. The second-order valence-electron chi connectivity index (χ2n) is 7.27. The van der Waals surface area contributed by atoms with Crippen LogP contribution in [-0.2, 0) is 4.79 Å². The van der Waals surface area contributed by atoms with E-state index in [1.165, 1.54) is 5.56 Å². The second-order valence-corrected chi connectivity index (χ2v) is 7.27. The first-order chi connectivity index (χ1) is 12.2. The van der Waals surface area contributed by atoms with E-state index >= 15 is 0 Å². The molecule has 0 aromatic heterocycles. The molecule has 1 aliphatic heterocycles. The molecule has 4 nitrogen and oxygen atoms in total. The van der Waals surface area contributed by atoms with Gasteiger partial charge in [-0.3, -0.25) is 4.79 Å². The maximum Gasteiger partial charge on any atom is 0.228 e. The van der Waals surface area contributed by atoms with E-state index < -0.39 is 0 Å². The first kappa shape index (κ1) is 18.7. The van der Waals surface area contributed by atoms with Crippen LogP contribution in [0.3, 0.4) is 0 Å². The van der Waals surface area contributed by atoms with Crippen LogP contribution in [0.15, 0.2) is 48.5 Å². The fourth-order valence-electron chi connectivity index (χ4n) is 3.81. The van der Waals surface area contributed by atoms with Gasteiger partial charge < -0.3 is 15.4 Å². The second kappa shape index (κ2) is 7.68. The van der Waals surface area contributed by atoms with E-state index in [0.717, 1.165) is 43.8 Å². The number of amides is 1. The summed E-state index contributed by atoms with van der Waals surface area (Å²) in [5.74, 6) is 1.72. The summed E-state index contributed by atoms with van der Waals surface area (Å²) in [7, 11) is 0. The number of carbonyl (C=O) groups is 1. The lowest BCUT2D eigenvalue weighted by Crippen LogP contribution is -2.31. The number of benzene rings is 2. The van der Waals surface area contributed by atoms with Gasteiger partial charge in [0.2, 0.25) is 5.91 Å². The molecule has 1 amide bonds. The number of nitrogens with one attached hydrogen (secondary N) is 2. The average Bonchev–Trinajstić information content (AvgIpc) is 3.32. The lowest BCUT2D eigenvalue weighted by Gasteiger charge is -2.23. The van der Waals surface area contributed by atoms with Gasteiger partial charge in [0, 0.05) is 5.92 Å². The predicted octanol–water partition coefficient (Wildman–Crippen LogP) is 4.54. The molecule has 4 rings (SSSR count). The first-order valence-electron chi connectivity index (χ1n) is 9.01. The highest BCUT2D eigenvalue weighted by atomic mass is 35.5. The summed E-state index contributed by atoms with van der Waals surface area (Å²) in [4.78, 5) is 12.7.